The monoisotopic (exact) mass is 221 g/mol. The van der Waals surface area contributed by atoms with Gasteiger partial charge in [-0.15, -0.1) is 0 Å². The summed E-state index contributed by atoms with van der Waals surface area (Å²) in [5, 5.41) is 0. The molecule has 84 valence electrons. The van der Waals surface area contributed by atoms with Crippen molar-refractivity contribution in [3.8, 4) is 11.8 Å². The van der Waals surface area contributed by atoms with Crippen LogP contribution in [0.3, 0.4) is 0 Å². The molecule has 2 N–H and O–H groups in total. The summed E-state index contributed by atoms with van der Waals surface area (Å²) in [7, 11) is 0. The van der Waals surface area contributed by atoms with Gasteiger partial charge in [0.05, 0.1) is 12.2 Å². The molecule has 3 nitrogen and oxygen atoms in total. The number of anilines is 1. The van der Waals surface area contributed by atoms with E-state index in [4.69, 9.17) is 5.73 Å². The molecule has 0 aliphatic carbocycles. The number of hydrogen-bond acceptors (Lipinski definition) is 3. The minimum absolute atomic E-state index is 0.0535. The Morgan fingerprint density at radius 1 is 1.56 bits per heavy atom. The first-order valence-electron chi connectivity index (χ1n) is 4.83. The van der Waals surface area contributed by atoms with Crippen molar-refractivity contribution in [2.75, 3.05) is 12.3 Å². The highest BCUT2D eigenvalue weighted by Crippen LogP contribution is 2.10. The van der Waals surface area contributed by atoms with Crippen LogP contribution in [0, 0.1) is 17.7 Å². The molecular formula is C12H12FNO2. The van der Waals surface area contributed by atoms with Crippen LogP contribution in [-0.2, 0) is 9.53 Å². The summed E-state index contributed by atoms with van der Waals surface area (Å²) < 4.78 is 17.8. The molecule has 1 aromatic rings. The van der Waals surface area contributed by atoms with Gasteiger partial charge < -0.3 is 10.5 Å². The third-order valence-corrected chi connectivity index (χ3v) is 1.75. The Labute approximate surface area is 93.4 Å². The molecule has 0 fully saturated rings. The third kappa shape index (κ3) is 3.62. The molecule has 0 unspecified atom stereocenters. The van der Waals surface area contributed by atoms with Gasteiger partial charge in [0.25, 0.3) is 0 Å². The Bertz CT molecular complexity index is 446. The SMILES string of the molecule is CCOC(=O)CC#Cc1cc(N)ccc1F. The predicted octanol–water partition coefficient (Wildman–Crippen LogP) is 1.71. The molecule has 0 heterocycles. The molecule has 1 aromatic carbocycles. The topological polar surface area (TPSA) is 52.3 Å². The summed E-state index contributed by atoms with van der Waals surface area (Å²) >= 11 is 0. The maximum Gasteiger partial charge on any atom is 0.317 e. The number of nitrogen functional groups attached to an aromatic ring is 1. The van der Waals surface area contributed by atoms with E-state index in [-0.39, 0.29) is 12.0 Å². The first kappa shape index (κ1) is 12.1. The average Bonchev–Trinajstić information content (AvgIpc) is 2.23. The summed E-state index contributed by atoms with van der Waals surface area (Å²) in [6.45, 7) is 2.02. The molecule has 0 bridgehead atoms. The van der Waals surface area contributed by atoms with Crippen molar-refractivity contribution in [1.82, 2.24) is 0 Å². The molecule has 0 spiro atoms. The van der Waals surface area contributed by atoms with Crippen molar-refractivity contribution in [2.45, 2.75) is 13.3 Å². The van der Waals surface area contributed by atoms with Gasteiger partial charge in [0.15, 0.2) is 0 Å². The molecule has 0 aliphatic heterocycles. The molecule has 0 atom stereocenters. The molecule has 0 saturated heterocycles. The van der Waals surface area contributed by atoms with Gasteiger partial charge in [-0.3, -0.25) is 4.79 Å². The Morgan fingerprint density at radius 3 is 3.00 bits per heavy atom. The second-order valence-corrected chi connectivity index (χ2v) is 3.02. The molecule has 4 heteroatoms. The molecule has 0 aliphatic rings. The lowest BCUT2D eigenvalue weighted by molar-refractivity contribution is -0.141. The van der Waals surface area contributed by atoms with Crippen LogP contribution >= 0.6 is 0 Å². The number of rotatable bonds is 2. The highest BCUT2D eigenvalue weighted by molar-refractivity contribution is 5.72. The largest absolute Gasteiger partial charge is 0.465 e. The van der Waals surface area contributed by atoms with Crippen molar-refractivity contribution in [2.24, 2.45) is 0 Å². The average molecular weight is 221 g/mol. The Balaban J connectivity index is 2.69. The van der Waals surface area contributed by atoms with E-state index >= 15 is 0 Å². The molecular weight excluding hydrogens is 209 g/mol. The van der Waals surface area contributed by atoms with Crippen molar-refractivity contribution in [3.63, 3.8) is 0 Å². The number of esters is 1. The lowest BCUT2D eigenvalue weighted by Gasteiger charge is -1.96. The maximum absolute atomic E-state index is 13.2. The summed E-state index contributed by atoms with van der Waals surface area (Å²) in [6, 6.07) is 4.11. The zero-order valence-electron chi connectivity index (χ0n) is 8.92. The van der Waals surface area contributed by atoms with E-state index in [2.05, 4.69) is 16.6 Å². The summed E-state index contributed by atoms with van der Waals surface area (Å²) in [5.74, 6) is 4.20. The molecule has 16 heavy (non-hydrogen) atoms. The van der Waals surface area contributed by atoms with Gasteiger partial charge in [-0.25, -0.2) is 4.39 Å². The number of carbonyl (C=O) groups is 1. The van der Waals surface area contributed by atoms with Crippen LogP contribution < -0.4 is 5.73 Å². The number of ether oxygens (including phenoxy) is 1. The lowest BCUT2D eigenvalue weighted by atomic mass is 10.2. The van der Waals surface area contributed by atoms with Crippen LogP contribution in [0.2, 0.25) is 0 Å². The second kappa shape index (κ2) is 5.76. The van der Waals surface area contributed by atoms with Crippen molar-refractivity contribution < 1.29 is 13.9 Å². The fraction of sp³-hybridized carbons (Fsp3) is 0.250. The smallest absolute Gasteiger partial charge is 0.317 e. The first-order valence-corrected chi connectivity index (χ1v) is 4.83. The fourth-order valence-corrected chi connectivity index (χ4v) is 1.06. The van der Waals surface area contributed by atoms with Gasteiger partial charge in [0.2, 0.25) is 0 Å². The summed E-state index contributed by atoms with van der Waals surface area (Å²) in [4.78, 5) is 10.9. The standard InChI is InChI=1S/C12H12FNO2/c1-2-16-12(15)5-3-4-9-8-10(14)6-7-11(9)13/h6-8H,2,5,14H2,1H3. The van der Waals surface area contributed by atoms with Gasteiger partial charge in [-0.1, -0.05) is 11.8 Å². The molecule has 0 saturated carbocycles. The predicted molar refractivity (Wildman–Crippen MR) is 58.9 cm³/mol. The van der Waals surface area contributed by atoms with Crippen LogP contribution in [0.1, 0.15) is 18.9 Å². The van der Waals surface area contributed by atoms with E-state index < -0.39 is 11.8 Å². The minimum atomic E-state index is -0.453. The van der Waals surface area contributed by atoms with E-state index in [1.807, 2.05) is 0 Å². The normalized spacial score (nSPS) is 9.12. The highest BCUT2D eigenvalue weighted by atomic mass is 19.1. The Hall–Kier alpha value is -2.02. The summed E-state index contributed by atoms with van der Waals surface area (Å²) in [6.07, 6.45) is -0.0535. The van der Waals surface area contributed by atoms with Gasteiger partial charge in [0.1, 0.15) is 12.2 Å². The van der Waals surface area contributed by atoms with Gasteiger partial charge in [0, 0.05) is 5.69 Å². The van der Waals surface area contributed by atoms with E-state index in [0.717, 1.165) is 0 Å². The van der Waals surface area contributed by atoms with Crippen molar-refractivity contribution >= 4 is 11.7 Å². The van der Waals surface area contributed by atoms with Gasteiger partial charge in [-0.2, -0.15) is 0 Å². The van der Waals surface area contributed by atoms with Crippen LogP contribution in [-0.4, -0.2) is 12.6 Å². The quantitative estimate of drug-likeness (QED) is 0.470. The number of carbonyl (C=O) groups excluding carboxylic acids is 1. The van der Waals surface area contributed by atoms with Crippen LogP contribution in [0.4, 0.5) is 10.1 Å². The zero-order valence-corrected chi connectivity index (χ0v) is 8.92. The lowest BCUT2D eigenvalue weighted by Crippen LogP contribution is -2.01. The molecule has 0 aromatic heterocycles. The number of halogens is 1. The van der Waals surface area contributed by atoms with E-state index in [9.17, 15) is 9.18 Å². The van der Waals surface area contributed by atoms with Crippen LogP contribution in [0.25, 0.3) is 0 Å². The third-order valence-electron chi connectivity index (χ3n) is 1.75. The Kier molecular flexibility index (Phi) is 4.34. The van der Waals surface area contributed by atoms with Crippen molar-refractivity contribution in [3.05, 3.63) is 29.6 Å². The highest BCUT2D eigenvalue weighted by Gasteiger charge is 1.99. The maximum atomic E-state index is 13.2. The van der Waals surface area contributed by atoms with Crippen molar-refractivity contribution in [1.29, 1.82) is 0 Å². The zero-order chi connectivity index (χ0) is 12.0. The summed E-state index contributed by atoms with van der Waals surface area (Å²) in [5.41, 5.74) is 6.10. The molecule has 0 amide bonds. The second-order valence-electron chi connectivity index (χ2n) is 3.02. The number of nitrogens with two attached hydrogens (primary N) is 1. The first-order chi connectivity index (χ1) is 7.63. The van der Waals surface area contributed by atoms with Crippen LogP contribution in [0.5, 0.6) is 0 Å². The van der Waals surface area contributed by atoms with E-state index in [0.29, 0.717) is 12.3 Å². The fourth-order valence-electron chi connectivity index (χ4n) is 1.06. The van der Waals surface area contributed by atoms with Gasteiger partial charge in [-0.05, 0) is 25.1 Å². The minimum Gasteiger partial charge on any atom is -0.465 e. The van der Waals surface area contributed by atoms with E-state index in [1.54, 1.807) is 6.92 Å². The molecule has 1 rings (SSSR count). The number of benzene rings is 1. The number of hydrogen-bond donors (Lipinski definition) is 1. The van der Waals surface area contributed by atoms with Crippen LogP contribution in [0.15, 0.2) is 18.2 Å². The van der Waals surface area contributed by atoms with Gasteiger partial charge >= 0.3 is 5.97 Å². The molecule has 0 radical (unpaired) electrons. The Morgan fingerprint density at radius 2 is 2.31 bits per heavy atom. The van der Waals surface area contributed by atoms with E-state index in [1.165, 1.54) is 18.2 Å².